The summed E-state index contributed by atoms with van der Waals surface area (Å²) in [6.45, 7) is 0.908. The molecule has 0 bridgehead atoms. The van der Waals surface area contributed by atoms with E-state index < -0.39 is 29.3 Å². The molecule has 4 atom stereocenters. The van der Waals surface area contributed by atoms with Crippen molar-refractivity contribution in [3.63, 3.8) is 0 Å². The van der Waals surface area contributed by atoms with E-state index in [4.69, 9.17) is 16.3 Å². The van der Waals surface area contributed by atoms with Crippen molar-refractivity contribution in [3.05, 3.63) is 34.9 Å². The van der Waals surface area contributed by atoms with Gasteiger partial charge >= 0.3 is 11.9 Å². The zero-order valence-electron chi connectivity index (χ0n) is 13.6. The molecule has 0 amide bonds. The second-order valence-corrected chi connectivity index (χ2v) is 7.33. The van der Waals surface area contributed by atoms with E-state index in [2.05, 4.69) is 24.5 Å². The van der Waals surface area contributed by atoms with E-state index in [-0.39, 0.29) is 5.25 Å². The number of likely N-dealkylation sites (tertiary alicyclic amines) is 1. The minimum atomic E-state index is -0.952. The number of aliphatic carboxylic acids is 1. The summed E-state index contributed by atoms with van der Waals surface area (Å²) >= 11 is 10.9. The second-order valence-electron chi connectivity index (χ2n) is 6.30. The first kappa shape index (κ1) is 18.1. The Labute approximate surface area is 156 Å². The van der Waals surface area contributed by atoms with Crippen LogP contribution in [0.4, 0.5) is 0 Å². The summed E-state index contributed by atoms with van der Waals surface area (Å²) in [7, 11) is 1.33. The Morgan fingerprint density at radius 2 is 2.20 bits per heavy atom. The SMILES string of the molecule is COC(=O)[C@H](c1ccccc1Cl)N1CC[C@@H](S)C2(C#CC2C(=O)O)C1. The van der Waals surface area contributed by atoms with Crippen molar-refractivity contribution in [2.75, 3.05) is 20.2 Å². The number of piperidine rings is 1. The molecule has 1 aromatic rings. The van der Waals surface area contributed by atoms with Crippen LogP contribution in [-0.4, -0.2) is 47.4 Å². The van der Waals surface area contributed by atoms with Crippen LogP contribution < -0.4 is 0 Å². The molecule has 0 saturated carbocycles. The topological polar surface area (TPSA) is 66.8 Å². The lowest BCUT2D eigenvalue weighted by molar-refractivity contribution is -0.150. The third kappa shape index (κ3) is 3.01. The zero-order valence-corrected chi connectivity index (χ0v) is 15.3. The number of carbonyl (C=O) groups is 2. The number of methoxy groups -OCH3 is 1. The molecule has 3 rings (SSSR count). The maximum atomic E-state index is 12.5. The van der Waals surface area contributed by atoms with Crippen LogP contribution in [0.1, 0.15) is 18.0 Å². The fourth-order valence-corrected chi connectivity index (χ4v) is 4.24. The van der Waals surface area contributed by atoms with Crippen molar-refractivity contribution < 1.29 is 19.4 Å². The van der Waals surface area contributed by atoms with E-state index in [1.54, 1.807) is 18.2 Å². The summed E-state index contributed by atoms with van der Waals surface area (Å²) in [6, 6.07) is 6.40. The smallest absolute Gasteiger partial charge is 0.327 e. The molecule has 2 unspecified atom stereocenters. The third-order valence-corrected chi connectivity index (χ3v) is 6.01. The predicted octanol–water partition coefficient (Wildman–Crippen LogP) is 2.26. The van der Waals surface area contributed by atoms with Crippen LogP contribution in [0, 0.1) is 23.2 Å². The standard InChI is InChI=1S/C18H18ClNO4S/c1-24-17(23)15(11-4-2-3-5-13(11)19)20-9-7-14(25)18(10-20)8-6-12(18)16(21)22/h2-5,12,14-15,25H,7,9-10H2,1H3,(H,21,22)/t12?,14-,15+,18?/m1/s1. The van der Waals surface area contributed by atoms with Crippen molar-refractivity contribution in [1.82, 2.24) is 4.90 Å². The molecular weight excluding hydrogens is 362 g/mol. The average molecular weight is 380 g/mol. The Morgan fingerprint density at radius 1 is 1.48 bits per heavy atom. The van der Waals surface area contributed by atoms with Gasteiger partial charge in [0.25, 0.3) is 0 Å². The molecule has 1 N–H and O–H groups in total. The highest BCUT2D eigenvalue weighted by molar-refractivity contribution is 7.81. The highest BCUT2D eigenvalue weighted by Gasteiger charge is 2.55. The van der Waals surface area contributed by atoms with E-state index >= 15 is 0 Å². The maximum absolute atomic E-state index is 12.5. The molecular formula is C18H18ClNO4S. The maximum Gasteiger partial charge on any atom is 0.327 e. The Morgan fingerprint density at radius 3 is 2.76 bits per heavy atom. The Kier molecular flexibility index (Phi) is 5.01. The van der Waals surface area contributed by atoms with Gasteiger partial charge < -0.3 is 9.84 Å². The van der Waals surface area contributed by atoms with Gasteiger partial charge in [-0.2, -0.15) is 12.6 Å². The first-order valence-electron chi connectivity index (χ1n) is 7.90. The van der Waals surface area contributed by atoms with Crippen molar-refractivity contribution >= 4 is 36.2 Å². The van der Waals surface area contributed by atoms with E-state index in [1.807, 2.05) is 11.0 Å². The number of ether oxygens (including phenoxy) is 1. The van der Waals surface area contributed by atoms with Gasteiger partial charge in [-0.05, 0) is 18.1 Å². The van der Waals surface area contributed by atoms with Crippen LogP contribution in [0.5, 0.6) is 0 Å². The third-order valence-electron chi connectivity index (χ3n) is 4.95. The summed E-state index contributed by atoms with van der Waals surface area (Å²) in [5.41, 5.74) is -0.122. The first-order valence-corrected chi connectivity index (χ1v) is 8.80. The molecule has 2 aliphatic rings. The van der Waals surface area contributed by atoms with Gasteiger partial charge in [0, 0.05) is 23.4 Å². The lowest BCUT2D eigenvalue weighted by atomic mass is 9.64. The molecule has 25 heavy (non-hydrogen) atoms. The minimum Gasteiger partial charge on any atom is -0.480 e. The predicted molar refractivity (Wildman–Crippen MR) is 96.5 cm³/mol. The Bertz CT molecular complexity index is 774. The van der Waals surface area contributed by atoms with Crippen LogP contribution in [0.3, 0.4) is 0 Å². The van der Waals surface area contributed by atoms with Crippen molar-refractivity contribution in [2.24, 2.45) is 11.3 Å². The summed E-state index contributed by atoms with van der Waals surface area (Å²) in [5, 5.41) is 9.75. The fourth-order valence-electron chi connectivity index (χ4n) is 3.59. The lowest BCUT2D eigenvalue weighted by Gasteiger charge is -2.49. The minimum absolute atomic E-state index is 0.157. The molecule has 1 aliphatic carbocycles. The van der Waals surface area contributed by atoms with Crippen LogP contribution in [0.25, 0.3) is 0 Å². The largest absolute Gasteiger partial charge is 0.480 e. The van der Waals surface area contributed by atoms with Gasteiger partial charge in [0.1, 0.15) is 12.0 Å². The van der Waals surface area contributed by atoms with Crippen LogP contribution in [0.2, 0.25) is 5.02 Å². The second kappa shape index (κ2) is 6.91. The van der Waals surface area contributed by atoms with Crippen LogP contribution >= 0.6 is 24.2 Å². The molecule has 0 aromatic heterocycles. The van der Waals surface area contributed by atoms with Gasteiger partial charge in [-0.3, -0.25) is 9.69 Å². The molecule has 1 saturated heterocycles. The monoisotopic (exact) mass is 379 g/mol. The van der Waals surface area contributed by atoms with E-state index in [1.165, 1.54) is 7.11 Å². The molecule has 132 valence electrons. The van der Waals surface area contributed by atoms with Crippen LogP contribution in [-0.2, 0) is 14.3 Å². The molecule has 1 spiro atoms. The number of carboxylic acids is 1. The van der Waals surface area contributed by atoms with E-state index in [0.717, 1.165) is 0 Å². The summed E-state index contributed by atoms with van der Waals surface area (Å²) in [5.74, 6) is 3.58. The summed E-state index contributed by atoms with van der Waals surface area (Å²) in [4.78, 5) is 25.9. The highest BCUT2D eigenvalue weighted by atomic mass is 35.5. The number of hydrogen-bond acceptors (Lipinski definition) is 5. The normalized spacial score (nSPS) is 29.2. The number of halogens is 1. The van der Waals surface area contributed by atoms with Gasteiger partial charge in [-0.1, -0.05) is 41.6 Å². The Balaban J connectivity index is 1.96. The van der Waals surface area contributed by atoms with Gasteiger partial charge in [0.05, 0.1) is 12.5 Å². The number of rotatable bonds is 4. The quantitative estimate of drug-likeness (QED) is 0.477. The highest BCUT2D eigenvalue weighted by Crippen LogP contribution is 2.46. The average Bonchev–Trinajstić information content (AvgIpc) is 2.56. The Hall–Kier alpha value is -1.68. The molecule has 5 nitrogen and oxygen atoms in total. The number of nitrogens with zero attached hydrogens (tertiary/aromatic N) is 1. The molecule has 1 aromatic carbocycles. The van der Waals surface area contributed by atoms with E-state index in [0.29, 0.717) is 30.1 Å². The molecule has 7 heteroatoms. The van der Waals surface area contributed by atoms with Gasteiger partial charge in [-0.25, -0.2) is 4.79 Å². The van der Waals surface area contributed by atoms with Crippen molar-refractivity contribution in [3.8, 4) is 11.8 Å². The number of carbonyl (C=O) groups excluding carboxylic acids is 1. The van der Waals surface area contributed by atoms with Crippen LogP contribution in [0.15, 0.2) is 24.3 Å². The zero-order chi connectivity index (χ0) is 18.2. The molecule has 1 fully saturated rings. The summed E-state index contributed by atoms with van der Waals surface area (Å²) in [6.07, 6.45) is 0.625. The first-order chi connectivity index (χ1) is 11.9. The fraction of sp³-hybridized carbons (Fsp3) is 0.444. The number of hydrogen-bond donors (Lipinski definition) is 2. The summed E-state index contributed by atoms with van der Waals surface area (Å²) < 4.78 is 4.99. The number of carboxylic acid groups (broad SMARTS) is 1. The molecule has 1 aliphatic heterocycles. The van der Waals surface area contributed by atoms with Gasteiger partial charge in [-0.15, -0.1) is 0 Å². The number of thiol groups is 1. The van der Waals surface area contributed by atoms with Gasteiger partial charge in [0.2, 0.25) is 0 Å². The van der Waals surface area contributed by atoms with Gasteiger partial charge in [0.15, 0.2) is 0 Å². The molecule has 1 heterocycles. The van der Waals surface area contributed by atoms with Crippen molar-refractivity contribution in [1.29, 1.82) is 0 Å². The number of benzene rings is 1. The van der Waals surface area contributed by atoms with E-state index in [9.17, 15) is 14.7 Å². The molecule has 0 radical (unpaired) electrons. The lowest BCUT2D eigenvalue weighted by Crippen LogP contribution is -2.58. The number of esters is 1. The van der Waals surface area contributed by atoms with Crippen molar-refractivity contribution in [2.45, 2.75) is 17.7 Å².